The molecule has 0 saturated heterocycles. The van der Waals surface area contributed by atoms with Crippen molar-refractivity contribution < 1.29 is 0 Å². The SMILES string of the molecule is CCCCCC#C[Se]c1ccccc1. The summed E-state index contributed by atoms with van der Waals surface area (Å²) in [6, 6.07) is 10.5. The first-order valence-corrected chi connectivity index (χ1v) is 6.84. The fourth-order valence-corrected chi connectivity index (χ4v) is 2.33. The summed E-state index contributed by atoms with van der Waals surface area (Å²) in [5, 5.41) is 0. The number of unbranched alkanes of at least 4 members (excludes halogenated alkanes) is 3. The van der Waals surface area contributed by atoms with Gasteiger partial charge in [-0.2, -0.15) is 0 Å². The zero-order valence-corrected chi connectivity index (χ0v) is 10.3. The molecule has 0 saturated carbocycles. The van der Waals surface area contributed by atoms with Crippen LogP contribution in [0.4, 0.5) is 0 Å². The van der Waals surface area contributed by atoms with Crippen LogP contribution in [0.25, 0.3) is 0 Å². The summed E-state index contributed by atoms with van der Waals surface area (Å²) in [5.74, 6) is 3.25. The van der Waals surface area contributed by atoms with E-state index < -0.39 is 0 Å². The van der Waals surface area contributed by atoms with Gasteiger partial charge in [-0.05, 0) is 0 Å². The molecule has 1 rings (SSSR count). The molecule has 0 aliphatic heterocycles. The molecule has 0 radical (unpaired) electrons. The van der Waals surface area contributed by atoms with E-state index in [0.29, 0.717) is 15.0 Å². The first kappa shape index (κ1) is 11.4. The molecule has 0 aromatic heterocycles. The average Bonchev–Trinajstić information content (AvgIpc) is 2.25. The fourth-order valence-electron chi connectivity index (χ4n) is 1.10. The van der Waals surface area contributed by atoms with Gasteiger partial charge in [-0.3, -0.25) is 0 Å². The Morgan fingerprint density at radius 1 is 1.14 bits per heavy atom. The van der Waals surface area contributed by atoms with Gasteiger partial charge in [0.15, 0.2) is 0 Å². The van der Waals surface area contributed by atoms with Crippen LogP contribution >= 0.6 is 0 Å². The first-order chi connectivity index (χ1) is 6.93. The van der Waals surface area contributed by atoms with Crippen LogP contribution < -0.4 is 4.46 Å². The Hall–Kier alpha value is -0.701. The molecule has 0 fully saturated rings. The molecule has 0 unspecified atom stereocenters. The van der Waals surface area contributed by atoms with Crippen LogP contribution in [-0.2, 0) is 0 Å². The van der Waals surface area contributed by atoms with E-state index in [4.69, 9.17) is 0 Å². The van der Waals surface area contributed by atoms with Crippen LogP contribution in [0.15, 0.2) is 30.3 Å². The molecule has 1 heteroatoms. The summed E-state index contributed by atoms with van der Waals surface area (Å²) < 4.78 is 1.38. The summed E-state index contributed by atoms with van der Waals surface area (Å²) in [7, 11) is 0. The Bertz CT molecular complexity index is 292. The van der Waals surface area contributed by atoms with Crippen molar-refractivity contribution in [3.8, 4) is 10.7 Å². The molecule has 0 spiro atoms. The van der Waals surface area contributed by atoms with Crippen molar-refractivity contribution in [2.24, 2.45) is 0 Å². The predicted octanol–water partition coefficient (Wildman–Crippen LogP) is 2.56. The first-order valence-electron chi connectivity index (χ1n) is 5.13. The molecular weight excluding hydrogens is 235 g/mol. The van der Waals surface area contributed by atoms with Crippen molar-refractivity contribution in [2.45, 2.75) is 32.6 Å². The van der Waals surface area contributed by atoms with E-state index in [1.54, 1.807) is 0 Å². The summed E-state index contributed by atoms with van der Waals surface area (Å²) >= 11 is 0.355. The topological polar surface area (TPSA) is 0 Å². The molecule has 74 valence electrons. The van der Waals surface area contributed by atoms with Crippen LogP contribution in [0.2, 0.25) is 0 Å². The molecule has 14 heavy (non-hydrogen) atoms. The van der Waals surface area contributed by atoms with Gasteiger partial charge in [-0.1, -0.05) is 0 Å². The minimum absolute atomic E-state index is 0.355. The van der Waals surface area contributed by atoms with Crippen LogP contribution in [-0.4, -0.2) is 15.0 Å². The Labute approximate surface area is 93.3 Å². The van der Waals surface area contributed by atoms with Gasteiger partial charge in [0.2, 0.25) is 0 Å². The molecule has 0 amide bonds. The molecule has 0 bridgehead atoms. The minimum atomic E-state index is 0.355. The van der Waals surface area contributed by atoms with Crippen LogP contribution in [0.3, 0.4) is 0 Å². The number of benzene rings is 1. The Kier molecular flexibility index (Phi) is 6.24. The summed E-state index contributed by atoms with van der Waals surface area (Å²) in [5.41, 5.74) is 0. The maximum absolute atomic E-state index is 3.27. The molecule has 0 aliphatic rings. The number of rotatable bonds is 4. The zero-order valence-electron chi connectivity index (χ0n) is 8.62. The Balaban J connectivity index is 2.20. The Morgan fingerprint density at radius 3 is 2.64 bits per heavy atom. The number of hydrogen-bond acceptors (Lipinski definition) is 0. The van der Waals surface area contributed by atoms with Crippen molar-refractivity contribution in [1.82, 2.24) is 0 Å². The predicted molar refractivity (Wildman–Crippen MR) is 63.7 cm³/mol. The Morgan fingerprint density at radius 2 is 1.93 bits per heavy atom. The third-order valence-corrected chi connectivity index (χ3v) is 3.47. The quantitative estimate of drug-likeness (QED) is 0.438. The van der Waals surface area contributed by atoms with Gasteiger partial charge >= 0.3 is 93.1 Å². The zero-order chi connectivity index (χ0) is 10.1. The van der Waals surface area contributed by atoms with Crippen molar-refractivity contribution in [2.75, 3.05) is 0 Å². The van der Waals surface area contributed by atoms with E-state index in [1.165, 1.54) is 23.7 Å². The van der Waals surface area contributed by atoms with Gasteiger partial charge in [-0.25, -0.2) is 0 Å². The van der Waals surface area contributed by atoms with Gasteiger partial charge in [0.1, 0.15) is 0 Å². The normalized spacial score (nSPS) is 9.21. The van der Waals surface area contributed by atoms with Gasteiger partial charge in [0, 0.05) is 0 Å². The summed E-state index contributed by atoms with van der Waals surface area (Å²) in [6.45, 7) is 2.22. The van der Waals surface area contributed by atoms with E-state index >= 15 is 0 Å². The van der Waals surface area contributed by atoms with Gasteiger partial charge < -0.3 is 0 Å². The van der Waals surface area contributed by atoms with Gasteiger partial charge in [0.05, 0.1) is 0 Å². The third kappa shape index (κ3) is 5.12. The van der Waals surface area contributed by atoms with Gasteiger partial charge in [0.25, 0.3) is 0 Å². The van der Waals surface area contributed by atoms with Crippen molar-refractivity contribution in [3.05, 3.63) is 30.3 Å². The average molecular weight is 251 g/mol. The molecular formula is C13H16Se. The van der Waals surface area contributed by atoms with Gasteiger partial charge in [-0.15, -0.1) is 0 Å². The number of hydrogen-bond donors (Lipinski definition) is 0. The molecule has 1 aromatic rings. The molecule has 1 aromatic carbocycles. The second-order valence-corrected chi connectivity index (χ2v) is 5.00. The van der Waals surface area contributed by atoms with E-state index in [0.717, 1.165) is 6.42 Å². The fraction of sp³-hybridized carbons (Fsp3) is 0.385. The summed E-state index contributed by atoms with van der Waals surface area (Å²) in [6.07, 6.45) is 4.93. The van der Waals surface area contributed by atoms with Crippen molar-refractivity contribution in [1.29, 1.82) is 0 Å². The molecule has 0 heterocycles. The monoisotopic (exact) mass is 252 g/mol. The standard InChI is InChI=1S/C13H16Se/c1-2-3-4-5-9-12-14-13-10-7-6-8-11-13/h6-8,10-11H,2-5H2,1H3. The van der Waals surface area contributed by atoms with E-state index in [2.05, 4.69) is 41.9 Å². The second kappa shape index (κ2) is 7.68. The van der Waals surface area contributed by atoms with Crippen LogP contribution in [0.5, 0.6) is 0 Å². The molecule has 0 nitrogen and oxygen atoms in total. The van der Waals surface area contributed by atoms with Crippen LogP contribution in [0.1, 0.15) is 32.6 Å². The van der Waals surface area contributed by atoms with E-state index in [-0.39, 0.29) is 0 Å². The van der Waals surface area contributed by atoms with E-state index in [1.807, 2.05) is 6.07 Å². The molecule has 0 N–H and O–H groups in total. The van der Waals surface area contributed by atoms with Crippen molar-refractivity contribution >= 4 is 19.4 Å². The van der Waals surface area contributed by atoms with E-state index in [9.17, 15) is 0 Å². The maximum atomic E-state index is 3.27. The van der Waals surface area contributed by atoms with Crippen LogP contribution in [0, 0.1) is 10.7 Å². The van der Waals surface area contributed by atoms with Crippen molar-refractivity contribution in [3.63, 3.8) is 0 Å². The molecule has 0 atom stereocenters. The molecule has 0 aliphatic carbocycles. The summed E-state index contributed by atoms with van der Waals surface area (Å²) in [4.78, 5) is 3.27. The third-order valence-electron chi connectivity index (χ3n) is 1.89. The second-order valence-electron chi connectivity index (χ2n) is 3.15.